The maximum atomic E-state index is 13.2. The highest BCUT2D eigenvalue weighted by atomic mass is 16.7. The molecule has 0 aromatic heterocycles. The maximum Gasteiger partial charge on any atom is 0.514 e. The van der Waals surface area contributed by atoms with E-state index in [1.54, 1.807) is 24.3 Å². The van der Waals surface area contributed by atoms with Crippen LogP contribution in [0.2, 0.25) is 0 Å². The summed E-state index contributed by atoms with van der Waals surface area (Å²) in [5.41, 5.74) is 5.45. The third-order valence-electron chi connectivity index (χ3n) is 7.49. The Bertz CT molecular complexity index is 1680. The van der Waals surface area contributed by atoms with E-state index in [1.165, 1.54) is 24.3 Å². The van der Waals surface area contributed by atoms with Gasteiger partial charge in [-0.25, -0.2) is 9.59 Å². The molecule has 0 fully saturated rings. The lowest BCUT2D eigenvalue weighted by molar-refractivity contribution is -0.384. The molecule has 2 N–H and O–H groups in total. The van der Waals surface area contributed by atoms with E-state index >= 15 is 0 Å². The molecule has 1 atom stereocenters. The molecule has 0 bridgehead atoms. The monoisotopic (exact) mass is 623 g/mol. The third-order valence-corrected chi connectivity index (χ3v) is 7.49. The van der Waals surface area contributed by atoms with Gasteiger partial charge in [-0.15, -0.1) is 0 Å². The molecule has 1 aliphatic rings. The average Bonchev–Trinajstić information content (AvgIpc) is 3.36. The van der Waals surface area contributed by atoms with Crippen LogP contribution in [0.1, 0.15) is 42.9 Å². The molecule has 0 heterocycles. The van der Waals surface area contributed by atoms with Crippen LogP contribution in [-0.2, 0) is 20.9 Å². The Labute approximate surface area is 265 Å². The molecule has 1 aliphatic carbocycles. The van der Waals surface area contributed by atoms with Gasteiger partial charge >= 0.3 is 12.2 Å². The Kier molecular flexibility index (Phi) is 9.91. The minimum Gasteiger partial charge on any atom is -0.449 e. The van der Waals surface area contributed by atoms with Crippen molar-refractivity contribution in [2.24, 2.45) is 5.92 Å². The molecule has 0 saturated heterocycles. The molecule has 0 unspecified atom stereocenters. The van der Waals surface area contributed by atoms with Gasteiger partial charge in [-0.1, -0.05) is 74.5 Å². The lowest BCUT2D eigenvalue weighted by atomic mass is 9.98. The number of alkyl carbamates (subject to hydrolysis) is 1. The summed E-state index contributed by atoms with van der Waals surface area (Å²) in [7, 11) is 0. The average molecular weight is 624 g/mol. The van der Waals surface area contributed by atoms with Crippen molar-refractivity contribution in [1.82, 2.24) is 5.32 Å². The van der Waals surface area contributed by atoms with Gasteiger partial charge in [-0.2, -0.15) is 0 Å². The largest absolute Gasteiger partial charge is 0.514 e. The number of hydrogen-bond acceptors (Lipinski definition) is 8. The van der Waals surface area contributed by atoms with Crippen LogP contribution in [0.3, 0.4) is 0 Å². The number of non-ortho nitro benzene ring substituents is 1. The van der Waals surface area contributed by atoms with Gasteiger partial charge in [0, 0.05) is 23.7 Å². The summed E-state index contributed by atoms with van der Waals surface area (Å²) in [6.45, 7) is 3.96. The summed E-state index contributed by atoms with van der Waals surface area (Å²) in [5, 5.41) is 16.3. The number of fused-ring (bicyclic) bond motifs is 3. The summed E-state index contributed by atoms with van der Waals surface area (Å²) < 4.78 is 15.8. The molecule has 46 heavy (non-hydrogen) atoms. The molecule has 4 aromatic carbocycles. The second-order valence-corrected chi connectivity index (χ2v) is 11.2. The first-order valence-electron chi connectivity index (χ1n) is 14.8. The second-order valence-electron chi connectivity index (χ2n) is 11.2. The molecule has 0 aliphatic heterocycles. The fourth-order valence-electron chi connectivity index (χ4n) is 5.30. The topological polar surface area (TPSA) is 146 Å². The number of benzene rings is 4. The highest BCUT2D eigenvalue weighted by molar-refractivity contribution is 5.96. The van der Waals surface area contributed by atoms with Crippen LogP contribution in [0.5, 0.6) is 5.75 Å². The van der Waals surface area contributed by atoms with Crippen LogP contribution < -0.4 is 15.4 Å². The Hall–Kier alpha value is -5.71. The second kappa shape index (κ2) is 14.4. The first-order valence-corrected chi connectivity index (χ1v) is 14.8. The van der Waals surface area contributed by atoms with Crippen LogP contribution in [-0.4, -0.2) is 35.7 Å². The Balaban J connectivity index is 1.12. The van der Waals surface area contributed by atoms with Gasteiger partial charge in [0.25, 0.3) is 5.69 Å². The van der Waals surface area contributed by atoms with Crippen molar-refractivity contribution in [3.63, 3.8) is 0 Å². The van der Waals surface area contributed by atoms with Crippen LogP contribution in [0.25, 0.3) is 11.1 Å². The number of nitrogens with zero attached hydrogens (tertiary/aromatic N) is 1. The number of nitro benzene ring substituents is 1. The molecular formula is C35H33N3O8. The summed E-state index contributed by atoms with van der Waals surface area (Å²) in [4.78, 5) is 48.3. The number of rotatable bonds is 11. The zero-order valence-electron chi connectivity index (χ0n) is 25.3. The molecule has 4 aromatic rings. The Morgan fingerprint density at radius 3 is 2.02 bits per heavy atom. The first kappa shape index (κ1) is 31.7. The molecule has 11 heteroatoms. The van der Waals surface area contributed by atoms with E-state index < -0.39 is 29.1 Å². The minimum atomic E-state index is -0.970. The lowest BCUT2D eigenvalue weighted by Crippen LogP contribution is -2.45. The first-order chi connectivity index (χ1) is 22.2. The summed E-state index contributed by atoms with van der Waals surface area (Å²) in [6, 6.07) is 27.0. The van der Waals surface area contributed by atoms with E-state index in [0.29, 0.717) is 17.7 Å². The van der Waals surface area contributed by atoms with E-state index in [1.807, 2.05) is 50.2 Å². The Morgan fingerprint density at radius 1 is 0.826 bits per heavy atom. The molecule has 2 amide bonds. The van der Waals surface area contributed by atoms with Crippen molar-refractivity contribution >= 4 is 29.5 Å². The van der Waals surface area contributed by atoms with Crippen molar-refractivity contribution in [3.05, 3.63) is 124 Å². The van der Waals surface area contributed by atoms with Crippen molar-refractivity contribution in [2.75, 3.05) is 11.9 Å². The van der Waals surface area contributed by atoms with Crippen LogP contribution in [0, 0.1) is 16.0 Å². The van der Waals surface area contributed by atoms with E-state index in [-0.39, 0.29) is 36.5 Å². The number of hydrogen-bond donors (Lipinski definition) is 2. The fraction of sp³-hybridized carbons (Fsp3) is 0.229. The van der Waals surface area contributed by atoms with Gasteiger partial charge in [0.1, 0.15) is 25.0 Å². The maximum absolute atomic E-state index is 13.2. The van der Waals surface area contributed by atoms with Crippen molar-refractivity contribution in [3.8, 4) is 16.9 Å². The van der Waals surface area contributed by atoms with Gasteiger partial charge in [0.05, 0.1) is 4.92 Å². The van der Waals surface area contributed by atoms with Crippen molar-refractivity contribution in [2.45, 2.75) is 38.8 Å². The number of nitro groups is 1. The predicted octanol–water partition coefficient (Wildman–Crippen LogP) is 7.20. The van der Waals surface area contributed by atoms with Gasteiger partial charge < -0.3 is 24.8 Å². The molecule has 0 spiro atoms. The molecular weight excluding hydrogens is 590 g/mol. The lowest BCUT2D eigenvalue weighted by Gasteiger charge is -2.21. The molecule has 5 rings (SSSR count). The van der Waals surface area contributed by atoms with Crippen molar-refractivity contribution in [1.29, 1.82) is 0 Å². The highest BCUT2D eigenvalue weighted by Crippen LogP contribution is 2.44. The minimum absolute atomic E-state index is 0.0952. The van der Waals surface area contributed by atoms with Crippen LogP contribution in [0.4, 0.5) is 21.0 Å². The number of amides is 2. The van der Waals surface area contributed by atoms with Crippen molar-refractivity contribution < 1.29 is 33.5 Å². The number of nitrogens with one attached hydrogen (secondary N) is 2. The van der Waals surface area contributed by atoms with E-state index in [2.05, 4.69) is 22.8 Å². The van der Waals surface area contributed by atoms with Gasteiger partial charge in [-0.05, 0) is 64.4 Å². The number of carbonyl (C=O) groups is 3. The highest BCUT2D eigenvalue weighted by Gasteiger charge is 2.30. The van der Waals surface area contributed by atoms with E-state index in [4.69, 9.17) is 14.2 Å². The van der Waals surface area contributed by atoms with Gasteiger partial charge in [-0.3, -0.25) is 14.9 Å². The quantitative estimate of drug-likeness (QED) is 0.0772. The number of anilines is 1. The molecule has 11 nitrogen and oxygen atoms in total. The molecule has 0 saturated carbocycles. The van der Waals surface area contributed by atoms with Crippen LogP contribution in [0.15, 0.2) is 97.1 Å². The fourth-order valence-corrected chi connectivity index (χ4v) is 5.30. The van der Waals surface area contributed by atoms with Gasteiger partial charge in [0.2, 0.25) is 5.91 Å². The summed E-state index contributed by atoms with van der Waals surface area (Å²) >= 11 is 0. The molecule has 0 radical (unpaired) electrons. The predicted molar refractivity (Wildman–Crippen MR) is 170 cm³/mol. The molecule has 236 valence electrons. The van der Waals surface area contributed by atoms with E-state index in [0.717, 1.165) is 22.3 Å². The smallest absolute Gasteiger partial charge is 0.449 e. The standard InChI is InChI=1S/C35H33N3O8/c1-22(2)19-32(37-34(40)44-21-31-29-9-5-3-7-27(29)28-8-4-6-10-30(28)31)33(39)36-24-13-11-23(12-14-24)20-45-35(41)46-26-17-15-25(16-18-26)38(42)43/h3-18,22,31-32H,19-21H2,1-2H3,(H,36,39)(H,37,40)/t32-/m0/s1. The zero-order valence-corrected chi connectivity index (χ0v) is 25.3. The SMILES string of the molecule is CC(C)C[C@H](NC(=O)OCC1c2ccccc2-c2ccccc21)C(=O)Nc1ccc(COC(=O)Oc2ccc([N+](=O)[O-])cc2)cc1. The number of ether oxygens (including phenoxy) is 3. The normalized spacial score (nSPS) is 12.4. The zero-order chi connectivity index (χ0) is 32.6. The van der Waals surface area contributed by atoms with E-state index in [9.17, 15) is 24.5 Å². The van der Waals surface area contributed by atoms with Crippen LogP contribution >= 0.6 is 0 Å². The Morgan fingerprint density at radius 2 is 1.43 bits per heavy atom. The number of carbonyl (C=O) groups excluding carboxylic acids is 3. The summed E-state index contributed by atoms with van der Waals surface area (Å²) in [5.74, 6) is -0.258. The summed E-state index contributed by atoms with van der Waals surface area (Å²) in [6.07, 6.45) is -1.24. The van der Waals surface area contributed by atoms with Gasteiger partial charge in [0.15, 0.2) is 0 Å². The third kappa shape index (κ3) is 7.86.